The predicted octanol–water partition coefficient (Wildman–Crippen LogP) is 4.16. The van der Waals surface area contributed by atoms with Gasteiger partial charge in [-0.25, -0.2) is 9.97 Å². The number of rotatable bonds is 3. The highest BCUT2D eigenvalue weighted by Crippen LogP contribution is 2.37. The van der Waals surface area contributed by atoms with Crippen LogP contribution in [-0.2, 0) is 0 Å². The van der Waals surface area contributed by atoms with Crippen LogP contribution in [0.15, 0.2) is 60.9 Å². The molecule has 3 aromatic heterocycles. The molecule has 0 bridgehead atoms. The Morgan fingerprint density at radius 2 is 1.82 bits per heavy atom. The van der Waals surface area contributed by atoms with Gasteiger partial charge in [0.05, 0.1) is 23.2 Å². The summed E-state index contributed by atoms with van der Waals surface area (Å²) in [7, 11) is 1.69. The minimum atomic E-state index is 0.672. The van der Waals surface area contributed by atoms with Gasteiger partial charge in [-0.1, -0.05) is 29.5 Å². The number of hydrogen-bond donors (Lipinski definition) is 0. The Morgan fingerprint density at radius 1 is 1.00 bits per heavy atom. The fourth-order valence-electron chi connectivity index (χ4n) is 2.53. The van der Waals surface area contributed by atoms with Gasteiger partial charge in [-0.3, -0.25) is 4.57 Å². The van der Waals surface area contributed by atoms with Crippen molar-refractivity contribution in [1.82, 2.24) is 14.5 Å². The third-order valence-electron chi connectivity index (χ3n) is 3.50. The zero-order valence-electron chi connectivity index (χ0n) is 11.9. The smallest absolute Gasteiger partial charge is 0.234 e. The Morgan fingerprint density at radius 3 is 2.59 bits per heavy atom. The maximum Gasteiger partial charge on any atom is 0.234 e. The summed E-state index contributed by atoms with van der Waals surface area (Å²) in [5, 5.41) is 2.05. The van der Waals surface area contributed by atoms with Gasteiger partial charge in [0.1, 0.15) is 0 Å². The van der Waals surface area contributed by atoms with Crippen LogP contribution in [0.2, 0.25) is 0 Å². The number of hydrogen-bond acceptors (Lipinski definition) is 4. The van der Waals surface area contributed by atoms with E-state index in [9.17, 15) is 0 Å². The second-order valence-corrected chi connectivity index (χ2v) is 5.84. The van der Waals surface area contributed by atoms with E-state index in [0.717, 1.165) is 26.5 Å². The topological polar surface area (TPSA) is 39.9 Å². The fraction of sp³-hybridized carbons (Fsp3) is 0.0588. The lowest BCUT2D eigenvalue weighted by Gasteiger charge is -2.07. The number of aromatic nitrogens is 3. The number of benzene rings is 1. The van der Waals surface area contributed by atoms with Crippen LogP contribution in [0.4, 0.5) is 0 Å². The molecule has 0 unspecified atom stereocenters. The first-order chi connectivity index (χ1) is 10.9. The molecule has 4 nitrogen and oxygen atoms in total. The van der Waals surface area contributed by atoms with Crippen molar-refractivity contribution in [2.45, 2.75) is 0 Å². The maximum absolute atomic E-state index is 5.31. The molecule has 4 aromatic rings. The molecular weight excluding hydrogens is 294 g/mol. The van der Waals surface area contributed by atoms with Crippen molar-refractivity contribution in [2.24, 2.45) is 0 Å². The molecule has 22 heavy (non-hydrogen) atoms. The van der Waals surface area contributed by atoms with Crippen LogP contribution in [0, 0.1) is 0 Å². The third kappa shape index (κ3) is 2.07. The minimum absolute atomic E-state index is 0.672. The van der Waals surface area contributed by atoms with Gasteiger partial charge in [-0.15, -0.1) is 0 Å². The molecule has 0 N–H and O–H groups in total. The van der Waals surface area contributed by atoms with Crippen LogP contribution in [0.5, 0.6) is 5.06 Å². The van der Waals surface area contributed by atoms with Crippen molar-refractivity contribution in [2.75, 3.05) is 7.11 Å². The summed E-state index contributed by atoms with van der Waals surface area (Å²) in [6, 6.07) is 16.3. The van der Waals surface area contributed by atoms with Crippen molar-refractivity contribution in [3.05, 3.63) is 60.9 Å². The van der Waals surface area contributed by atoms with Crippen LogP contribution in [0.25, 0.3) is 27.4 Å². The van der Waals surface area contributed by atoms with E-state index in [0.29, 0.717) is 5.95 Å². The Labute approximate surface area is 131 Å². The number of para-hydroxylation sites is 1. The third-order valence-corrected chi connectivity index (χ3v) is 4.57. The van der Waals surface area contributed by atoms with Gasteiger partial charge in [0.25, 0.3) is 0 Å². The summed E-state index contributed by atoms with van der Waals surface area (Å²) >= 11 is 1.61. The van der Waals surface area contributed by atoms with Crippen molar-refractivity contribution in [1.29, 1.82) is 0 Å². The van der Waals surface area contributed by atoms with E-state index in [2.05, 4.69) is 38.8 Å². The van der Waals surface area contributed by atoms with E-state index in [1.807, 2.05) is 24.3 Å². The molecule has 1 aromatic carbocycles. The zero-order chi connectivity index (χ0) is 14.9. The van der Waals surface area contributed by atoms with Crippen molar-refractivity contribution < 1.29 is 4.74 Å². The van der Waals surface area contributed by atoms with E-state index in [1.54, 1.807) is 30.8 Å². The van der Waals surface area contributed by atoms with Crippen LogP contribution in [0.1, 0.15) is 0 Å². The first-order valence-electron chi connectivity index (χ1n) is 6.89. The van der Waals surface area contributed by atoms with Crippen LogP contribution in [-0.4, -0.2) is 21.6 Å². The highest BCUT2D eigenvalue weighted by Gasteiger charge is 2.15. The number of methoxy groups -OCH3 is 1. The summed E-state index contributed by atoms with van der Waals surface area (Å²) in [5.41, 5.74) is 2.16. The summed E-state index contributed by atoms with van der Waals surface area (Å²) in [6.07, 6.45) is 3.52. The normalized spacial score (nSPS) is 11.0. The molecule has 0 spiro atoms. The monoisotopic (exact) mass is 307 g/mol. The number of ether oxygens (including phenoxy) is 1. The van der Waals surface area contributed by atoms with E-state index < -0.39 is 0 Å². The number of nitrogens with zero attached hydrogens (tertiary/aromatic N) is 3. The Bertz CT molecular complexity index is 927. The van der Waals surface area contributed by atoms with E-state index in [1.165, 1.54) is 0 Å². The van der Waals surface area contributed by atoms with Gasteiger partial charge in [0.2, 0.25) is 5.95 Å². The molecule has 0 atom stereocenters. The van der Waals surface area contributed by atoms with Crippen LogP contribution < -0.4 is 4.74 Å². The van der Waals surface area contributed by atoms with Gasteiger partial charge in [0, 0.05) is 17.8 Å². The minimum Gasteiger partial charge on any atom is -0.487 e. The average Bonchev–Trinajstić information content (AvgIpc) is 3.19. The summed E-state index contributed by atoms with van der Waals surface area (Å²) in [5.74, 6) is 0.672. The molecule has 0 aliphatic heterocycles. The molecule has 4 rings (SSSR count). The largest absolute Gasteiger partial charge is 0.487 e. The lowest BCUT2D eigenvalue weighted by molar-refractivity contribution is 0.427. The second-order valence-electron chi connectivity index (χ2n) is 4.80. The SMILES string of the molecule is COc1ccc(-c2cc3ccccc3n2-c2ncccn2)s1. The molecule has 0 aliphatic rings. The predicted molar refractivity (Wildman–Crippen MR) is 88.7 cm³/mol. The fourth-order valence-corrected chi connectivity index (χ4v) is 3.35. The number of thiophene rings is 1. The van der Waals surface area contributed by atoms with Crippen molar-refractivity contribution in [3.63, 3.8) is 0 Å². The molecule has 108 valence electrons. The average molecular weight is 307 g/mol. The van der Waals surface area contributed by atoms with E-state index >= 15 is 0 Å². The molecule has 0 saturated heterocycles. The highest BCUT2D eigenvalue weighted by atomic mass is 32.1. The summed E-state index contributed by atoms with van der Waals surface area (Å²) < 4.78 is 7.40. The van der Waals surface area contributed by atoms with Crippen LogP contribution >= 0.6 is 11.3 Å². The van der Waals surface area contributed by atoms with Gasteiger partial charge in [0.15, 0.2) is 5.06 Å². The summed E-state index contributed by atoms with van der Waals surface area (Å²) in [6.45, 7) is 0. The quantitative estimate of drug-likeness (QED) is 0.570. The molecule has 0 fully saturated rings. The van der Waals surface area contributed by atoms with Gasteiger partial charge < -0.3 is 4.74 Å². The Hall–Kier alpha value is -2.66. The molecular formula is C17H13N3OS. The van der Waals surface area contributed by atoms with Gasteiger partial charge in [-0.2, -0.15) is 0 Å². The Kier molecular flexibility index (Phi) is 3.12. The molecule has 3 heterocycles. The second kappa shape index (κ2) is 5.27. The molecule has 0 aliphatic carbocycles. The standard InChI is InChI=1S/C17H13N3OS/c1-21-16-8-7-15(22-16)14-11-12-5-2-3-6-13(12)20(14)17-18-9-4-10-19-17/h2-11H,1H3. The highest BCUT2D eigenvalue weighted by molar-refractivity contribution is 7.17. The molecule has 0 saturated carbocycles. The van der Waals surface area contributed by atoms with Crippen molar-refractivity contribution >= 4 is 22.2 Å². The van der Waals surface area contributed by atoms with Gasteiger partial charge in [-0.05, 0) is 30.3 Å². The number of fused-ring (bicyclic) bond motifs is 1. The van der Waals surface area contributed by atoms with Crippen molar-refractivity contribution in [3.8, 4) is 21.6 Å². The molecule has 0 amide bonds. The Balaban J connectivity index is 2.01. The van der Waals surface area contributed by atoms with Crippen LogP contribution in [0.3, 0.4) is 0 Å². The molecule has 5 heteroatoms. The van der Waals surface area contributed by atoms with E-state index in [-0.39, 0.29) is 0 Å². The lowest BCUT2D eigenvalue weighted by Crippen LogP contribution is -2.01. The first-order valence-corrected chi connectivity index (χ1v) is 7.70. The van der Waals surface area contributed by atoms with Gasteiger partial charge >= 0.3 is 0 Å². The zero-order valence-corrected chi connectivity index (χ0v) is 12.7. The molecule has 0 radical (unpaired) electrons. The first kappa shape index (κ1) is 13.0. The summed E-state index contributed by atoms with van der Waals surface area (Å²) in [4.78, 5) is 9.94. The van der Waals surface area contributed by atoms with E-state index in [4.69, 9.17) is 4.74 Å². The lowest BCUT2D eigenvalue weighted by atomic mass is 10.2. The maximum atomic E-state index is 5.31.